The topological polar surface area (TPSA) is 67.4 Å². The number of Topliss-reactive ketones (excluding diaryl/α,β-unsaturated/α-hetero) is 1. The number of ether oxygens (including phenoxy) is 1. The van der Waals surface area contributed by atoms with Gasteiger partial charge in [0.1, 0.15) is 5.60 Å². The Morgan fingerprint density at radius 2 is 2.00 bits per heavy atom. The Bertz CT molecular complexity index is 345. The van der Waals surface area contributed by atoms with E-state index in [9.17, 15) is 9.59 Å². The van der Waals surface area contributed by atoms with Crippen LogP contribution in [-0.2, 0) is 9.53 Å². The third-order valence-corrected chi connectivity index (χ3v) is 3.26. The Kier molecular flexibility index (Phi) is 4.96. The van der Waals surface area contributed by atoms with Crippen molar-refractivity contribution in [1.82, 2.24) is 10.6 Å². The van der Waals surface area contributed by atoms with Crippen molar-refractivity contribution in [2.75, 3.05) is 13.1 Å². The average molecular weight is 270 g/mol. The standard InChI is InChI=1S/C14H26N2O3/c1-13(2,3)19-12(18)16-9-10(17)11-14(4,5)7-6-8-15-11/h11,15H,6-9H2,1-5H3,(H,16,18). The van der Waals surface area contributed by atoms with Gasteiger partial charge in [-0.15, -0.1) is 0 Å². The lowest BCUT2D eigenvalue weighted by atomic mass is 9.76. The van der Waals surface area contributed by atoms with E-state index >= 15 is 0 Å². The minimum absolute atomic E-state index is 0.00978. The third kappa shape index (κ3) is 5.19. The summed E-state index contributed by atoms with van der Waals surface area (Å²) in [6, 6.07) is -0.198. The van der Waals surface area contributed by atoms with Crippen LogP contribution in [0.3, 0.4) is 0 Å². The van der Waals surface area contributed by atoms with Crippen LogP contribution >= 0.6 is 0 Å². The van der Waals surface area contributed by atoms with Crippen molar-refractivity contribution in [2.45, 2.75) is 59.1 Å². The summed E-state index contributed by atoms with van der Waals surface area (Å²) in [4.78, 5) is 23.7. The van der Waals surface area contributed by atoms with E-state index in [1.54, 1.807) is 20.8 Å². The molecule has 1 rings (SSSR count). The second-order valence-corrected chi connectivity index (χ2v) is 6.80. The van der Waals surface area contributed by atoms with E-state index in [0.29, 0.717) is 0 Å². The minimum atomic E-state index is -0.547. The van der Waals surface area contributed by atoms with E-state index in [1.807, 2.05) is 0 Å². The molecule has 1 saturated heterocycles. The summed E-state index contributed by atoms with van der Waals surface area (Å²) in [5.41, 5.74) is -0.611. The zero-order chi connectivity index (χ0) is 14.7. The molecule has 0 saturated carbocycles. The highest BCUT2D eigenvalue weighted by Crippen LogP contribution is 2.30. The highest BCUT2D eigenvalue weighted by Gasteiger charge is 2.36. The molecule has 0 aromatic carbocycles. The molecule has 1 aliphatic heterocycles. The highest BCUT2D eigenvalue weighted by atomic mass is 16.6. The molecule has 1 heterocycles. The molecule has 2 N–H and O–H groups in total. The first kappa shape index (κ1) is 16.0. The number of carbonyl (C=O) groups excluding carboxylic acids is 2. The summed E-state index contributed by atoms with van der Waals surface area (Å²) in [7, 11) is 0. The van der Waals surface area contributed by atoms with Crippen LogP contribution in [0.2, 0.25) is 0 Å². The summed E-state index contributed by atoms with van der Waals surface area (Å²) in [5, 5.41) is 5.76. The van der Waals surface area contributed by atoms with Crippen LogP contribution in [0.25, 0.3) is 0 Å². The van der Waals surface area contributed by atoms with Crippen LogP contribution in [0.15, 0.2) is 0 Å². The van der Waals surface area contributed by atoms with Crippen molar-refractivity contribution in [3.63, 3.8) is 0 Å². The van der Waals surface area contributed by atoms with Crippen molar-refractivity contribution in [2.24, 2.45) is 5.41 Å². The lowest BCUT2D eigenvalue weighted by molar-refractivity contribution is -0.123. The van der Waals surface area contributed by atoms with E-state index in [-0.39, 0.29) is 23.8 Å². The molecule has 5 heteroatoms. The van der Waals surface area contributed by atoms with Gasteiger partial charge in [-0.05, 0) is 45.6 Å². The zero-order valence-electron chi connectivity index (χ0n) is 12.6. The summed E-state index contributed by atoms with van der Waals surface area (Å²) in [6.07, 6.45) is 1.55. The fraction of sp³-hybridized carbons (Fsp3) is 0.857. The predicted molar refractivity (Wildman–Crippen MR) is 74.0 cm³/mol. The number of hydrogen-bond acceptors (Lipinski definition) is 4. The van der Waals surface area contributed by atoms with Gasteiger partial charge < -0.3 is 15.4 Å². The van der Waals surface area contributed by atoms with Gasteiger partial charge in [0.25, 0.3) is 0 Å². The molecule has 0 spiro atoms. The van der Waals surface area contributed by atoms with Crippen molar-refractivity contribution in [3.05, 3.63) is 0 Å². The maximum atomic E-state index is 12.2. The molecule has 0 aromatic heterocycles. The van der Waals surface area contributed by atoms with Crippen LogP contribution in [0.5, 0.6) is 0 Å². The van der Waals surface area contributed by atoms with E-state index in [1.165, 1.54) is 0 Å². The van der Waals surface area contributed by atoms with Gasteiger partial charge in [0.2, 0.25) is 0 Å². The fourth-order valence-electron chi connectivity index (χ4n) is 2.34. The first-order valence-electron chi connectivity index (χ1n) is 6.85. The minimum Gasteiger partial charge on any atom is -0.444 e. The second-order valence-electron chi connectivity index (χ2n) is 6.80. The van der Waals surface area contributed by atoms with Gasteiger partial charge in [-0.25, -0.2) is 4.79 Å². The molecule has 5 nitrogen and oxygen atoms in total. The van der Waals surface area contributed by atoms with Crippen LogP contribution in [0, 0.1) is 5.41 Å². The molecule has 110 valence electrons. The third-order valence-electron chi connectivity index (χ3n) is 3.26. The number of hydrogen-bond donors (Lipinski definition) is 2. The number of rotatable bonds is 3. The van der Waals surface area contributed by atoms with E-state index in [2.05, 4.69) is 24.5 Å². The SMILES string of the molecule is CC(C)(C)OC(=O)NCC(=O)C1NCCCC1(C)C. The summed E-state index contributed by atoms with van der Waals surface area (Å²) >= 11 is 0. The maximum Gasteiger partial charge on any atom is 0.408 e. The fourth-order valence-corrected chi connectivity index (χ4v) is 2.34. The molecule has 1 atom stereocenters. The van der Waals surface area contributed by atoms with Crippen molar-refractivity contribution in [1.29, 1.82) is 0 Å². The van der Waals surface area contributed by atoms with Gasteiger partial charge in [0, 0.05) is 0 Å². The van der Waals surface area contributed by atoms with Crippen LogP contribution in [0.4, 0.5) is 4.79 Å². The molecule has 1 fully saturated rings. The normalized spacial score (nSPS) is 22.7. The monoisotopic (exact) mass is 270 g/mol. The quantitative estimate of drug-likeness (QED) is 0.821. The average Bonchev–Trinajstić information content (AvgIpc) is 2.23. The van der Waals surface area contributed by atoms with Crippen molar-refractivity contribution in [3.8, 4) is 0 Å². The van der Waals surface area contributed by atoms with Gasteiger partial charge >= 0.3 is 6.09 Å². The molecular formula is C14H26N2O3. The lowest BCUT2D eigenvalue weighted by Gasteiger charge is -2.38. The second kappa shape index (κ2) is 5.90. The van der Waals surface area contributed by atoms with Crippen LogP contribution < -0.4 is 10.6 Å². The first-order chi connectivity index (χ1) is 8.62. The predicted octanol–water partition coefficient (Wildman–Crippen LogP) is 1.86. The summed E-state index contributed by atoms with van der Waals surface area (Å²) < 4.78 is 5.10. The maximum absolute atomic E-state index is 12.2. The Hall–Kier alpha value is -1.10. The zero-order valence-corrected chi connectivity index (χ0v) is 12.6. The van der Waals surface area contributed by atoms with Crippen molar-refractivity contribution >= 4 is 11.9 Å². The molecule has 0 aromatic rings. The number of nitrogens with one attached hydrogen (secondary N) is 2. The molecule has 1 aliphatic rings. The molecule has 0 radical (unpaired) electrons. The van der Waals surface area contributed by atoms with E-state index in [0.717, 1.165) is 19.4 Å². The highest BCUT2D eigenvalue weighted by molar-refractivity contribution is 5.89. The van der Waals surface area contributed by atoms with Gasteiger partial charge in [-0.1, -0.05) is 13.8 Å². The molecule has 1 amide bonds. The molecule has 0 bridgehead atoms. The molecule has 19 heavy (non-hydrogen) atoms. The first-order valence-corrected chi connectivity index (χ1v) is 6.85. The van der Waals surface area contributed by atoms with Gasteiger partial charge in [-0.2, -0.15) is 0 Å². The smallest absolute Gasteiger partial charge is 0.408 e. The van der Waals surface area contributed by atoms with Crippen molar-refractivity contribution < 1.29 is 14.3 Å². The summed E-state index contributed by atoms with van der Waals surface area (Å²) in [5.74, 6) is 0.00978. The molecule has 1 unspecified atom stereocenters. The van der Waals surface area contributed by atoms with Crippen LogP contribution in [0.1, 0.15) is 47.5 Å². The number of alkyl carbamates (subject to hydrolysis) is 1. The van der Waals surface area contributed by atoms with Gasteiger partial charge in [0.15, 0.2) is 5.78 Å². The molecule has 0 aliphatic carbocycles. The lowest BCUT2D eigenvalue weighted by Crippen LogP contribution is -2.54. The summed E-state index contributed by atoms with van der Waals surface area (Å²) in [6.45, 7) is 10.4. The number of piperidine rings is 1. The molecular weight excluding hydrogens is 244 g/mol. The Labute approximate surface area is 115 Å². The Morgan fingerprint density at radius 1 is 1.37 bits per heavy atom. The van der Waals surface area contributed by atoms with Gasteiger partial charge in [-0.3, -0.25) is 4.79 Å². The van der Waals surface area contributed by atoms with Gasteiger partial charge in [0.05, 0.1) is 12.6 Å². The number of ketones is 1. The number of amides is 1. The largest absolute Gasteiger partial charge is 0.444 e. The Morgan fingerprint density at radius 3 is 2.53 bits per heavy atom. The van der Waals surface area contributed by atoms with Crippen LogP contribution in [-0.4, -0.2) is 36.6 Å². The number of carbonyl (C=O) groups is 2. The van der Waals surface area contributed by atoms with E-state index in [4.69, 9.17) is 4.74 Å². The Balaban J connectivity index is 2.45. The van der Waals surface area contributed by atoms with E-state index < -0.39 is 11.7 Å².